The molecule has 8 rings (SSSR count). The fourth-order valence-corrected chi connectivity index (χ4v) is 36.8. The first kappa shape index (κ1) is 45.2. The van der Waals surface area contributed by atoms with E-state index in [1.165, 1.54) is 55.6 Å². The van der Waals surface area contributed by atoms with E-state index < -0.39 is 19.3 Å². The molecule has 2 nitrogen and oxygen atoms in total. The van der Waals surface area contributed by atoms with Gasteiger partial charge < -0.3 is 0 Å². The molecule has 2 aliphatic carbocycles. The van der Waals surface area contributed by atoms with Gasteiger partial charge >= 0.3 is 377 Å². The SMILES string of the molecule is Cc1ccc2c(c1)C(c1cc(C(C)C)cc(C(C)C)c1)=C(c1ccc(C)o1)[CH]2[Zr]([CH3])([CH3])(=[SiH2])([Cl])([Cl])[CH]1C(c2ccc(C)o2)=C(c2cc(C(C)C)cc(C(C)C)c2)c2cc(C)ccc21. The number of hydrogen-bond acceptors (Lipinski definition) is 2. The third-order valence-electron chi connectivity index (χ3n) is 14.2. The van der Waals surface area contributed by atoms with Gasteiger partial charge in [0, 0.05) is 0 Å². The predicted molar refractivity (Wildman–Crippen MR) is 268 cm³/mol. The maximum absolute atomic E-state index is 9.40. The van der Waals surface area contributed by atoms with Crippen molar-refractivity contribution >= 4 is 46.2 Å². The summed E-state index contributed by atoms with van der Waals surface area (Å²) in [6.45, 7) is 28.7. The second-order valence-corrected chi connectivity index (χ2v) is 90.4. The Kier molecular flexibility index (Phi) is 10.4. The van der Waals surface area contributed by atoms with Gasteiger partial charge in [0.05, 0.1) is 0 Å². The summed E-state index contributed by atoms with van der Waals surface area (Å²) in [4.78, 5) is 0. The third-order valence-corrected chi connectivity index (χ3v) is 38.6. The Labute approximate surface area is 374 Å². The molecule has 0 amide bonds. The summed E-state index contributed by atoms with van der Waals surface area (Å²) >= 11 is -6.76. The fraction of sp³-hybridized carbons (Fsp3) is 0.357. The van der Waals surface area contributed by atoms with Crippen LogP contribution in [0.25, 0.3) is 22.3 Å². The molecule has 0 aliphatic heterocycles. The summed E-state index contributed by atoms with van der Waals surface area (Å²) in [5, 5.41) is 0. The van der Waals surface area contributed by atoms with Gasteiger partial charge in [0.2, 0.25) is 0 Å². The molecule has 0 saturated heterocycles. The van der Waals surface area contributed by atoms with E-state index in [9.17, 15) is 17.0 Å². The molecular weight excluding hydrogens is 895 g/mol. The van der Waals surface area contributed by atoms with Crippen LogP contribution in [0, 0.1) is 27.7 Å². The van der Waals surface area contributed by atoms with Crippen LogP contribution in [0.15, 0.2) is 106 Å². The van der Waals surface area contributed by atoms with Crippen molar-refractivity contribution in [2.75, 3.05) is 0 Å². The van der Waals surface area contributed by atoms with Crippen molar-refractivity contribution in [3.8, 4) is 0 Å². The number of furan rings is 2. The zero-order valence-electron chi connectivity index (χ0n) is 39.5. The van der Waals surface area contributed by atoms with E-state index in [-0.39, 0.29) is 0 Å². The number of rotatable bonds is 10. The molecular formula is C56H66Cl2O2SiZr. The van der Waals surface area contributed by atoms with Gasteiger partial charge in [0.25, 0.3) is 0 Å². The van der Waals surface area contributed by atoms with Crippen LogP contribution in [-0.4, -0.2) is 6.88 Å². The van der Waals surface area contributed by atoms with Crippen molar-refractivity contribution in [1.82, 2.24) is 0 Å². The van der Waals surface area contributed by atoms with Crippen LogP contribution < -0.4 is 0 Å². The van der Waals surface area contributed by atoms with Crippen LogP contribution in [0.1, 0.15) is 176 Å². The van der Waals surface area contributed by atoms with E-state index in [1.54, 1.807) is 0 Å². The Bertz CT molecular complexity index is 2770. The van der Waals surface area contributed by atoms with E-state index >= 15 is 0 Å². The fourth-order valence-electron chi connectivity index (χ4n) is 11.0. The number of benzene rings is 4. The van der Waals surface area contributed by atoms with Gasteiger partial charge in [-0.3, -0.25) is 0 Å². The zero-order valence-corrected chi connectivity index (χ0v) is 44.9. The van der Waals surface area contributed by atoms with Gasteiger partial charge in [0.15, 0.2) is 0 Å². The van der Waals surface area contributed by atoms with Gasteiger partial charge in [-0.1, -0.05) is 0 Å². The van der Waals surface area contributed by atoms with Crippen LogP contribution in [0.2, 0.25) is 9.26 Å². The van der Waals surface area contributed by atoms with Crippen LogP contribution in [0.5, 0.6) is 0 Å². The summed E-state index contributed by atoms with van der Waals surface area (Å²) in [5.74, 6) is 4.70. The molecule has 0 bridgehead atoms. The molecule has 6 aromatic rings. The monoisotopic (exact) mass is 958 g/mol. The number of fused-ring (bicyclic) bond motifs is 2. The molecule has 2 unspecified atom stereocenters. The first-order valence-electron chi connectivity index (χ1n) is 22.8. The normalized spacial score (nSPS) is 18.5. The second-order valence-electron chi connectivity index (χ2n) is 22.3. The molecule has 0 N–H and O–H groups in total. The van der Waals surface area contributed by atoms with Gasteiger partial charge in [0.1, 0.15) is 0 Å². The zero-order chi connectivity index (χ0) is 45.1. The number of aryl methyl sites for hydroxylation is 4. The Morgan fingerprint density at radius 3 is 1.06 bits per heavy atom. The Hall–Kier alpha value is -3.40. The molecule has 0 spiro atoms. The summed E-state index contributed by atoms with van der Waals surface area (Å²) in [7, 11) is 18.8. The molecule has 62 heavy (non-hydrogen) atoms. The van der Waals surface area contributed by atoms with Crippen molar-refractivity contribution in [3.05, 3.63) is 187 Å². The molecule has 0 radical (unpaired) electrons. The van der Waals surface area contributed by atoms with E-state index in [0.29, 0.717) is 23.7 Å². The summed E-state index contributed by atoms with van der Waals surface area (Å²) < 4.78 is 17.5. The molecule has 4 aromatic carbocycles. The quantitative estimate of drug-likeness (QED) is 0.128. The van der Waals surface area contributed by atoms with E-state index in [0.717, 1.165) is 56.5 Å². The topological polar surface area (TPSA) is 26.3 Å². The Morgan fingerprint density at radius 1 is 0.468 bits per heavy atom. The average molecular weight is 961 g/mol. The maximum atomic E-state index is 9.40. The number of halogens is 2. The van der Waals surface area contributed by atoms with Gasteiger partial charge in [-0.2, -0.15) is 0 Å². The molecule has 2 atom stereocenters. The molecule has 2 heterocycles. The molecule has 324 valence electrons. The second kappa shape index (κ2) is 14.3. The van der Waals surface area contributed by atoms with Crippen molar-refractivity contribution in [3.63, 3.8) is 0 Å². The summed E-state index contributed by atoms with van der Waals surface area (Å²) in [6.07, 6.45) is 0. The van der Waals surface area contributed by atoms with Gasteiger partial charge in [-0.15, -0.1) is 0 Å². The molecule has 2 aromatic heterocycles. The number of allylic oxidation sites excluding steroid dienone is 2. The van der Waals surface area contributed by atoms with Crippen LogP contribution in [0.4, 0.5) is 0 Å². The van der Waals surface area contributed by atoms with Crippen LogP contribution >= 0.6 is 17.0 Å². The minimum absolute atomic E-state index is 0.343. The van der Waals surface area contributed by atoms with E-state index in [4.69, 9.17) is 8.83 Å². The standard InChI is InChI=1S/2C27H29O.2CH3.2ClH.H2Si.Zr/c2*1-16(2)21-12-22(17(3)4)14-23(13-21)27-24-11-18(5)7-9-20(24)15-25(27)26-10-8-19(6)28-26;;;;;;/h2*7-17H,1-6H3;2*1H3;2*1H;1H2;/q;;;;;;;+2/p-2. The molecule has 0 saturated carbocycles. The first-order valence-corrected chi connectivity index (χ1v) is 42.8. The summed E-state index contributed by atoms with van der Waals surface area (Å²) in [6, 6.07) is 36.7. The Balaban J connectivity index is 1.57. The van der Waals surface area contributed by atoms with Crippen molar-refractivity contribution in [1.29, 1.82) is 0 Å². The van der Waals surface area contributed by atoms with Crippen molar-refractivity contribution in [2.24, 2.45) is 0 Å². The molecule has 6 heteroatoms. The van der Waals surface area contributed by atoms with Crippen molar-refractivity contribution < 1.29 is 20.9 Å². The average Bonchev–Trinajstić information content (AvgIpc) is 3.97. The van der Waals surface area contributed by atoms with E-state index in [2.05, 4.69) is 176 Å². The summed E-state index contributed by atoms with van der Waals surface area (Å²) in [5.41, 5.74) is 19.1. The number of hydrogen-bond donors (Lipinski definition) is 0. The van der Waals surface area contributed by atoms with Gasteiger partial charge in [-0.05, 0) is 0 Å². The van der Waals surface area contributed by atoms with Crippen molar-refractivity contribution in [2.45, 2.75) is 123 Å². The molecule has 0 fully saturated rings. The van der Waals surface area contributed by atoms with Crippen LogP contribution in [-0.2, 0) is 12.0 Å². The Morgan fingerprint density at radius 2 is 0.790 bits per heavy atom. The molecule has 2 aliphatic rings. The van der Waals surface area contributed by atoms with Gasteiger partial charge in [-0.25, -0.2) is 0 Å². The third kappa shape index (κ3) is 7.51. The first-order chi connectivity index (χ1) is 28.7. The predicted octanol–water partition coefficient (Wildman–Crippen LogP) is 17.0. The minimum atomic E-state index is -6.76. The van der Waals surface area contributed by atoms with E-state index in [1.807, 2.05) is 20.7 Å². The van der Waals surface area contributed by atoms with Crippen LogP contribution in [0.3, 0.4) is 0 Å².